The second-order valence-electron chi connectivity index (χ2n) is 4.90. The van der Waals surface area contributed by atoms with Crippen LogP contribution in [0.15, 0.2) is 48.5 Å². The molecule has 0 N–H and O–H groups in total. The highest BCUT2D eigenvalue weighted by atomic mass is 35.5. The molecule has 0 aliphatic carbocycles. The van der Waals surface area contributed by atoms with Crippen LogP contribution < -0.4 is 0 Å². The van der Waals surface area contributed by atoms with Gasteiger partial charge in [0.25, 0.3) is 0 Å². The van der Waals surface area contributed by atoms with Crippen molar-refractivity contribution in [2.45, 2.75) is 32.6 Å². The molecule has 0 aromatic heterocycles. The van der Waals surface area contributed by atoms with Crippen molar-refractivity contribution in [1.29, 1.82) is 0 Å². The van der Waals surface area contributed by atoms with Gasteiger partial charge in [-0.3, -0.25) is 0 Å². The normalized spacial score (nSPS) is 10.9. The number of benzene rings is 2. The number of hydrogen-bond acceptors (Lipinski definition) is 0. The molecule has 2 aromatic rings. The van der Waals surface area contributed by atoms with E-state index in [0.717, 1.165) is 12.8 Å². The first kappa shape index (κ1) is 14.1. The lowest BCUT2D eigenvalue weighted by Gasteiger charge is -2.16. The predicted molar refractivity (Wildman–Crippen MR) is 84.2 cm³/mol. The number of aryl methyl sites for hydroxylation is 2. The number of hydrogen-bond donors (Lipinski definition) is 0. The van der Waals surface area contributed by atoms with E-state index < -0.39 is 0 Å². The molecule has 1 heteroatoms. The van der Waals surface area contributed by atoms with Crippen LogP contribution >= 0.6 is 11.6 Å². The van der Waals surface area contributed by atoms with E-state index in [1.807, 2.05) is 0 Å². The van der Waals surface area contributed by atoms with Crippen LogP contribution in [0.1, 0.15) is 42.0 Å². The van der Waals surface area contributed by atoms with Gasteiger partial charge in [-0.2, -0.15) is 0 Å². The smallest absolute Gasteiger partial charge is 0.0333 e. The Labute approximate surface area is 121 Å². The Morgan fingerprint density at radius 2 is 1.11 bits per heavy atom. The average Bonchev–Trinajstić information content (AvgIpc) is 2.49. The molecule has 0 unspecified atom stereocenters. The lowest BCUT2D eigenvalue weighted by Crippen LogP contribution is -2.03. The summed E-state index contributed by atoms with van der Waals surface area (Å²) in [4.78, 5) is 0. The molecule has 0 atom stereocenters. The highest BCUT2D eigenvalue weighted by Crippen LogP contribution is 2.26. The molecule has 0 aliphatic rings. The van der Waals surface area contributed by atoms with Crippen molar-refractivity contribution >= 4 is 11.6 Å². The van der Waals surface area contributed by atoms with E-state index >= 15 is 0 Å². The highest BCUT2D eigenvalue weighted by molar-refractivity contribution is 6.18. The van der Waals surface area contributed by atoms with E-state index in [2.05, 4.69) is 62.4 Å². The minimum Gasteiger partial charge on any atom is -0.126 e. The van der Waals surface area contributed by atoms with Crippen molar-refractivity contribution in [2.75, 3.05) is 5.88 Å². The fourth-order valence-corrected chi connectivity index (χ4v) is 2.70. The van der Waals surface area contributed by atoms with Gasteiger partial charge in [0.05, 0.1) is 0 Å². The maximum atomic E-state index is 6.18. The van der Waals surface area contributed by atoms with Gasteiger partial charge in [-0.25, -0.2) is 0 Å². The minimum absolute atomic E-state index is 0.290. The molecule has 19 heavy (non-hydrogen) atoms. The number of alkyl halides is 1. The summed E-state index contributed by atoms with van der Waals surface area (Å²) in [5.74, 6) is 0.912. The second kappa shape index (κ2) is 6.77. The van der Waals surface area contributed by atoms with Crippen molar-refractivity contribution in [3.05, 3.63) is 70.8 Å². The monoisotopic (exact) mass is 272 g/mol. The van der Waals surface area contributed by atoms with E-state index in [1.165, 1.54) is 22.3 Å². The third-order valence-electron chi connectivity index (χ3n) is 3.73. The van der Waals surface area contributed by atoms with Crippen molar-refractivity contribution < 1.29 is 0 Å². The Morgan fingerprint density at radius 1 is 0.737 bits per heavy atom. The molecular formula is C18H21Cl. The molecular weight excluding hydrogens is 252 g/mol. The Bertz CT molecular complexity index is 449. The standard InChI is InChI=1S/C18H21Cl/c1-3-14-5-9-16(10-6-14)18(13-19)17-11-7-15(4-2)8-12-17/h5-12,18H,3-4,13H2,1-2H3. The lowest BCUT2D eigenvalue weighted by atomic mass is 9.91. The maximum absolute atomic E-state index is 6.18. The van der Waals surface area contributed by atoms with E-state index in [4.69, 9.17) is 11.6 Å². The molecule has 0 nitrogen and oxygen atoms in total. The zero-order valence-electron chi connectivity index (χ0n) is 11.7. The second-order valence-corrected chi connectivity index (χ2v) is 5.21. The van der Waals surface area contributed by atoms with Crippen molar-refractivity contribution in [3.8, 4) is 0 Å². The minimum atomic E-state index is 0.290. The molecule has 100 valence electrons. The topological polar surface area (TPSA) is 0 Å². The number of rotatable bonds is 5. The number of halogens is 1. The van der Waals surface area contributed by atoms with Crippen molar-refractivity contribution in [1.82, 2.24) is 0 Å². The summed E-state index contributed by atoms with van der Waals surface area (Å²) in [6, 6.07) is 17.6. The largest absolute Gasteiger partial charge is 0.126 e. The third kappa shape index (κ3) is 3.39. The summed E-state index contributed by atoms with van der Waals surface area (Å²) in [5.41, 5.74) is 5.35. The molecule has 0 spiro atoms. The van der Waals surface area contributed by atoms with Crippen LogP contribution in [-0.2, 0) is 12.8 Å². The molecule has 0 saturated carbocycles. The predicted octanol–water partition coefficient (Wildman–Crippen LogP) is 5.18. The van der Waals surface area contributed by atoms with Crippen LogP contribution in [-0.4, -0.2) is 5.88 Å². The first-order valence-corrected chi connectivity index (χ1v) is 7.55. The van der Waals surface area contributed by atoms with Gasteiger partial charge in [0.1, 0.15) is 0 Å². The molecule has 2 aromatic carbocycles. The van der Waals surface area contributed by atoms with E-state index in [9.17, 15) is 0 Å². The van der Waals surface area contributed by atoms with Gasteiger partial charge in [-0.15, -0.1) is 11.6 Å². The summed E-state index contributed by atoms with van der Waals surface area (Å²) in [5, 5.41) is 0. The van der Waals surface area contributed by atoms with Gasteiger partial charge in [-0.05, 0) is 35.1 Å². The summed E-state index contributed by atoms with van der Waals surface area (Å²) in [6.45, 7) is 4.36. The Balaban J connectivity index is 2.26. The Morgan fingerprint density at radius 3 is 1.37 bits per heavy atom. The molecule has 0 amide bonds. The van der Waals surface area contributed by atoms with Gasteiger partial charge in [0.2, 0.25) is 0 Å². The van der Waals surface area contributed by atoms with Gasteiger partial charge in [0.15, 0.2) is 0 Å². The average molecular weight is 273 g/mol. The van der Waals surface area contributed by atoms with Crippen LogP contribution in [0.2, 0.25) is 0 Å². The van der Waals surface area contributed by atoms with Crippen LogP contribution in [0.5, 0.6) is 0 Å². The van der Waals surface area contributed by atoms with Crippen molar-refractivity contribution in [3.63, 3.8) is 0 Å². The summed E-state index contributed by atoms with van der Waals surface area (Å²) in [7, 11) is 0. The van der Waals surface area contributed by atoms with Gasteiger partial charge in [-0.1, -0.05) is 62.4 Å². The molecule has 0 fully saturated rings. The third-order valence-corrected chi connectivity index (χ3v) is 4.04. The van der Waals surface area contributed by atoms with Gasteiger partial charge in [0, 0.05) is 11.8 Å². The Kier molecular flexibility index (Phi) is 5.04. The van der Waals surface area contributed by atoms with Crippen molar-refractivity contribution in [2.24, 2.45) is 0 Å². The first-order valence-electron chi connectivity index (χ1n) is 7.02. The fraction of sp³-hybridized carbons (Fsp3) is 0.333. The van der Waals surface area contributed by atoms with Crippen LogP contribution in [0, 0.1) is 0 Å². The molecule has 0 bridgehead atoms. The van der Waals surface area contributed by atoms with Gasteiger partial charge < -0.3 is 0 Å². The van der Waals surface area contributed by atoms with E-state index in [1.54, 1.807) is 0 Å². The van der Waals surface area contributed by atoms with Crippen LogP contribution in [0.4, 0.5) is 0 Å². The highest BCUT2D eigenvalue weighted by Gasteiger charge is 2.12. The molecule has 0 saturated heterocycles. The summed E-state index contributed by atoms with van der Waals surface area (Å²) in [6.07, 6.45) is 2.16. The molecule has 0 heterocycles. The van der Waals surface area contributed by atoms with Crippen LogP contribution in [0.3, 0.4) is 0 Å². The first-order chi connectivity index (χ1) is 9.28. The van der Waals surface area contributed by atoms with E-state index in [-0.39, 0.29) is 0 Å². The summed E-state index contributed by atoms with van der Waals surface area (Å²) < 4.78 is 0. The lowest BCUT2D eigenvalue weighted by molar-refractivity contribution is 0.925. The zero-order valence-corrected chi connectivity index (χ0v) is 12.5. The van der Waals surface area contributed by atoms with E-state index in [0.29, 0.717) is 11.8 Å². The van der Waals surface area contributed by atoms with Gasteiger partial charge >= 0.3 is 0 Å². The SMILES string of the molecule is CCc1ccc(C(CCl)c2ccc(CC)cc2)cc1. The summed E-state index contributed by atoms with van der Waals surface area (Å²) >= 11 is 6.18. The van der Waals surface area contributed by atoms with Crippen LogP contribution in [0.25, 0.3) is 0 Å². The fourth-order valence-electron chi connectivity index (χ4n) is 2.34. The Hall–Kier alpha value is -1.27. The zero-order chi connectivity index (χ0) is 13.7. The maximum Gasteiger partial charge on any atom is 0.0333 e. The molecule has 0 radical (unpaired) electrons. The molecule has 0 aliphatic heterocycles. The quantitative estimate of drug-likeness (QED) is 0.658. The molecule has 2 rings (SSSR count).